The van der Waals surface area contributed by atoms with Crippen molar-refractivity contribution < 1.29 is 14.1 Å². The lowest BCUT2D eigenvalue weighted by molar-refractivity contribution is -0.946. The Labute approximate surface area is 155 Å². The van der Waals surface area contributed by atoms with Gasteiger partial charge in [0.1, 0.15) is 6.54 Å². The number of carbonyl (C=O) groups is 1. The molecule has 1 saturated carbocycles. The summed E-state index contributed by atoms with van der Waals surface area (Å²) in [6.45, 7) is 2.71. The molecule has 0 radical (unpaired) electrons. The molecule has 2 heterocycles. The zero-order valence-corrected chi connectivity index (χ0v) is 15.4. The van der Waals surface area contributed by atoms with Crippen LogP contribution in [0.25, 0.3) is 0 Å². The molecule has 4 heteroatoms. The quantitative estimate of drug-likeness (QED) is 0.868. The fourth-order valence-electron chi connectivity index (χ4n) is 4.55. The minimum absolute atomic E-state index is 0.172. The summed E-state index contributed by atoms with van der Waals surface area (Å²) in [6.07, 6.45) is 8.56. The van der Waals surface area contributed by atoms with Crippen LogP contribution in [0.1, 0.15) is 55.0 Å². The summed E-state index contributed by atoms with van der Waals surface area (Å²) < 4.78 is 5.74. The highest BCUT2D eigenvalue weighted by Gasteiger charge is 2.31. The number of carbonyl (C=O) groups excluding carboxylic acids is 1. The predicted molar refractivity (Wildman–Crippen MR) is 101 cm³/mol. The number of hydrogen-bond donors (Lipinski definition) is 2. The normalized spacial score (nSPS) is 21.8. The van der Waals surface area contributed by atoms with E-state index < -0.39 is 0 Å². The first-order valence-electron chi connectivity index (χ1n) is 10.0. The van der Waals surface area contributed by atoms with Crippen LogP contribution in [-0.2, 0) is 17.8 Å². The van der Waals surface area contributed by atoms with E-state index >= 15 is 0 Å². The molecule has 138 valence electrons. The maximum Gasteiger partial charge on any atom is 0.223 e. The molecule has 1 unspecified atom stereocenters. The maximum absolute atomic E-state index is 12.6. The van der Waals surface area contributed by atoms with E-state index in [0.717, 1.165) is 38.1 Å². The van der Waals surface area contributed by atoms with Crippen molar-refractivity contribution in [2.75, 3.05) is 13.1 Å². The van der Waals surface area contributed by atoms with Crippen molar-refractivity contribution in [1.82, 2.24) is 5.32 Å². The van der Waals surface area contributed by atoms with Gasteiger partial charge in [0, 0.05) is 17.9 Å². The van der Waals surface area contributed by atoms with Gasteiger partial charge in [0.05, 0.1) is 19.4 Å². The molecule has 0 spiro atoms. The van der Waals surface area contributed by atoms with Gasteiger partial charge in [-0.05, 0) is 30.5 Å². The third-order valence-electron chi connectivity index (χ3n) is 6.09. The summed E-state index contributed by atoms with van der Waals surface area (Å²) in [5.74, 6) is 1.42. The molecule has 0 bridgehead atoms. The highest BCUT2D eigenvalue weighted by Crippen LogP contribution is 2.24. The van der Waals surface area contributed by atoms with Gasteiger partial charge in [-0.3, -0.25) is 4.79 Å². The first-order valence-corrected chi connectivity index (χ1v) is 10.0. The van der Waals surface area contributed by atoms with Crippen LogP contribution in [0.2, 0.25) is 0 Å². The number of benzene rings is 1. The minimum atomic E-state index is 0.172. The van der Waals surface area contributed by atoms with E-state index in [1.165, 1.54) is 35.3 Å². The van der Waals surface area contributed by atoms with Crippen molar-refractivity contribution in [1.29, 1.82) is 0 Å². The van der Waals surface area contributed by atoms with Gasteiger partial charge in [-0.1, -0.05) is 43.5 Å². The van der Waals surface area contributed by atoms with Crippen LogP contribution >= 0.6 is 0 Å². The molecule has 1 fully saturated rings. The Kier molecular flexibility index (Phi) is 5.40. The van der Waals surface area contributed by atoms with Crippen LogP contribution < -0.4 is 10.2 Å². The third kappa shape index (κ3) is 3.85. The van der Waals surface area contributed by atoms with E-state index in [9.17, 15) is 4.79 Å². The highest BCUT2D eigenvalue weighted by molar-refractivity contribution is 5.78. The molecule has 2 N–H and O–H groups in total. The van der Waals surface area contributed by atoms with Crippen LogP contribution in [-0.4, -0.2) is 19.0 Å². The number of furan rings is 1. The van der Waals surface area contributed by atoms with Crippen molar-refractivity contribution in [3.05, 3.63) is 59.5 Å². The van der Waals surface area contributed by atoms with Crippen LogP contribution in [0.3, 0.4) is 0 Å². The average molecular weight is 353 g/mol. The van der Waals surface area contributed by atoms with Crippen molar-refractivity contribution in [3.63, 3.8) is 0 Å². The number of quaternary nitrogens is 1. The molecule has 1 aliphatic carbocycles. The summed E-state index contributed by atoms with van der Waals surface area (Å²) in [7, 11) is 0. The Morgan fingerprint density at radius 3 is 2.69 bits per heavy atom. The van der Waals surface area contributed by atoms with E-state index in [2.05, 4.69) is 29.6 Å². The first kappa shape index (κ1) is 17.3. The molecule has 2 atom stereocenters. The molecule has 1 aromatic heterocycles. The Balaban J connectivity index is 1.44. The molecule has 2 aromatic rings. The largest absolute Gasteiger partial charge is 0.463 e. The summed E-state index contributed by atoms with van der Waals surface area (Å²) in [6, 6.07) is 12.9. The molecule has 4 nitrogen and oxygen atoms in total. The zero-order valence-electron chi connectivity index (χ0n) is 15.4. The fraction of sp³-hybridized carbons (Fsp3) is 0.500. The molecular formula is C22H29N2O2+. The van der Waals surface area contributed by atoms with Crippen molar-refractivity contribution in [2.24, 2.45) is 5.92 Å². The lowest BCUT2D eigenvalue weighted by Gasteiger charge is -2.32. The molecule has 26 heavy (non-hydrogen) atoms. The van der Waals surface area contributed by atoms with Gasteiger partial charge in [0.25, 0.3) is 0 Å². The fourth-order valence-corrected chi connectivity index (χ4v) is 4.55. The molecule has 0 saturated heterocycles. The van der Waals surface area contributed by atoms with Crippen LogP contribution in [0.15, 0.2) is 47.1 Å². The van der Waals surface area contributed by atoms with Crippen LogP contribution in [0, 0.1) is 5.92 Å². The smallest absolute Gasteiger partial charge is 0.223 e. The van der Waals surface area contributed by atoms with Gasteiger partial charge in [-0.25, -0.2) is 0 Å². The van der Waals surface area contributed by atoms with Gasteiger partial charge < -0.3 is 14.6 Å². The van der Waals surface area contributed by atoms with Gasteiger partial charge in [0.2, 0.25) is 5.91 Å². The third-order valence-corrected chi connectivity index (χ3v) is 6.09. The topological polar surface area (TPSA) is 46.7 Å². The Morgan fingerprint density at radius 2 is 1.92 bits per heavy atom. The van der Waals surface area contributed by atoms with E-state index in [0.29, 0.717) is 6.54 Å². The summed E-state index contributed by atoms with van der Waals surface area (Å²) in [4.78, 5) is 14.1. The number of hydrogen-bond acceptors (Lipinski definition) is 2. The number of amides is 1. The molecule has 1 aromatic carbocycles. The molecule has 4 rings (SSSR count). The van der Waals surface area contributed by atoms with E-state index in [1.807, 2.05) is 12.1 Å². The van der Waals surface area contributed by atoms with E-state index in [1.54, 1.807) is 6.26 Å². The van der Waals surface area contributed by atoms with E-state index in [-0.39, 0.29) is 17.9 Å². The minimum Gasteiger partial charge on any atom is -0.463 e. The summed E-state index contributed by atoms with van der Waals surface area (Å²) >= 11 is 0. The lowest BCUT2D eigenvalue weighted by Crippen LogP contribution is -3.12. The van der Waals surface area contributed by atoms with Crippen molar-refractivity contribution in [2.45, 2.75) is 51.1 Å². The van der Waals surface area contributed by atoms with Gasteiger partial charge in [-0.15, -0.1) is 0 Å². The van der Waals surface area contributed by atoms with Gasteiger partial charge in [0.15, 0.2) is 11.8 Å². The summed E-state index contributed by atoms with van der Waals surface area (Å²) in [5.41, 5.74) is 2.88. The second-order valence-corrected chi connectivity index (χ2v) is 7.75. The first-order chi connectivity index (χ1) is 12.8. The van der Waals surface area contributed by atoms with E-state index in [4.69, 9.17) is 4.42 Å². The highest BCUT2D eigenvalue weighted by atomic mass is 16.3. The Bertz CT molecular complexity index is 720. The predicted octanol–water partition coefficient (Wildman–Crippen LogP) is 2.66. The number of nitrogens with one attached hydrogen (secondary N) is 2. The second kappa shape index (κ2) is 8.09. The number of fused-ring (bicyclic) bond motifs is 1. The monoisotopic (exact) mass is 353 g/mol. The zero-order chi connectivity index (χ0) is 17.8. The SMILES string of the molecule is O=C(NC[C@H](c1ccco1)[NH+]1CCc2ccccc2C1)C1CCCCC1. The average Bonchev–Trinajstić information content (AvgIpc) is 3.23. The summed E-state index contributed by atoms with van der Waals surface area (Å²) in [5, 5.41) is 3.24. The van der Waals surface area contributed by atoms with Crippen molar-refractivity contribution >= 4 is 5.91 Å². The standard InChI is InChI=1S/C22H28N2O2/c25-22(18-8-2-1-3-9-18)23-15-20(21-11-6-14-26-21)24-13-12-17-7-4-5-10-19(17)16-24/h4-7,10-11,14,18,20H,1-3,8-9,12-13,15-16H2,(H,23,25)/p+1/t20-/m1/s1. The Morgan fingerprint density at radius 1 is 1.12 bits per heavy atom. The molecule has 1 amide bonds. The van der Waals surface area contributed by atoms with Crippen LogP contribution in [0.5, 0.6) is 0 Å². The van der Waals surface area contributed by atoms with Gasteiger partial charge in [-0.2, -0.15) is 0 Å². The molecule has 2 aliphatic rings. The lowest BCUT2D eigenvalue weighted by atomic mass is 9.88. The van der Waals surface area contributed by atoms with Crippen LogP contribution in [0.4, 0.5) is 0 Å². The molecular weight excluding hydrogens is 324 g/mol. The maximum atomic E-state index is 12.6. The second-order valence-electron chi connectivity index (χ2n) is 7.75. The number of rotatable bonds is 5. The van der Waals surface area contributed by atoms with Gasteiger partial charge >= 0.3 is 0 Å². The Hall–Kier alpha value is -2.07. The molecule has 1 aliphatic heterocycles. The van der Waals surface area contributed by atoms with Crippen molar-refractivity contribution in [3.8, 4) is 0 Å².